The Hall–Kier alpha value is -2.72. The van der Waals surface area contributed by atoms with Crippen molar-refractivity contribution in [3.63, 3.8) is 0 Å². The number of carbonyl (C=O) groups is 4. The van der Waals surface area contributed by atoms with E-state index in [0.29, 0.717) is 6.54 Å². The SMILES string of the molecule is CN[C@@H](C)C(=O)N[C@H](C(=O)NCC(=O)N1C=CN(Cc2ccc(Br)cc2)C(=O)C1)C(C)C. The fourth-order valence-corrected chi connectivity index (χ4v) is 3.21. The van der Waals surface area contributed by atoms with Crippen molar-refractivity contribution in [3.05, 3.63) is 46.7 Å². The van der Waals surface area contributed by atoms with Gasteiger partial charge < -0.3 is 25.8 Å². The molecule has 0 aliphatic carbocycles. The van der Waals surface area contributed by atoms with Crippen molar-refractivity contribution in [2.24, 2.45) is 5.92 Å². The molecule has 0 fully saturated rings. The van der Waals surface area contributed by atoms with Crippen LogP contribution in [-0.4, -0.2) is 65.6 Å². The van der Waals surface area contributed by atoms with Gasteiger partial charge in [0.25, 0.3) is 0 Å². The molecule has 0 bridgehead atoms. The summed E-state index contributed by atoms with van der Waals surface area (Å²) in [5, 5.41) is 8.08. The van der Waals surface area contributed by atoms with Crippen molar-refractivity contribution in [1.29, 1.82) is 0 Å². The second-order valence-corrected chi connectivity index (χ2v) is 8.84. The first-order valence-corrected chi connectivity index (χ1v) is 11.2. The molecule has 0 saturated heterocycles. The number of nitrogens with zero attached hydrogens (tertiary/aromatic N) is 2. The number of likely N-dealkylation sites (N-methyl/N-ethyl adjacent to an activating group) is 1. The highest BCUT2D eigenvalue weighted by atomic mass is 79.9. The Morgan fingerprint density at radius 3 is 2.28 bits per heavy atom. The highest BCUT2D eigenvalue weighted by Gasteiger charge is 2.28. The predicted molar refractivity (Wildman–Crippen MR) is 124 cm³/mol. The second-order valence-electron chi connectivity index (χ2n) is 7.93. The monoisotopic (exact) mass is 507 g/mol. The van der Waals surface area contributed by atoms with Crippen LogP contribution in [0.5, 0.6) is 0 Å². The van der Waals surface area contributed by atoms with Crippen molar-refractivity contribution >= 4 is 39.6 Å². The Morgan fingerprint density at radius 1 is 1.06 bits per heavy atom. The van der Waals surface area contributed by atoms with E-state index in [-0.39, 0.29) is 30.8 Å². The summed E-state index contributed by atoms with van der Waals surface area (Å²) in [4.78, 5) is 52.4. The van der Waals surface area contributed by atoms with E-state index < -0.39 is 23.9 Å². The summed E-state index contributed by atoms with van der Waals surface area (Å²) in [5.74, 6) is -1.55. The molecular weight excluding hydrogens is 478 g/mol. The summed E-state index contributed by atoms with van der Waals surface area (Å²) in [6.45, 7) is 5.33. The molecule has 2 rings (SSSR count). The molecule has 0 aromatic heterocycles. The summed E-state index contributed by atoms with van der Waals surface area (Å²) in [6, 6.07) is 6.41. The van der Waals surface area contributed by atoms with Gasteiger partial charge in [0, 0.05) is 16.9 Å². The van der Waals surface area contributed by atoms with Crippen LogP contribution >= 0.6 is 15.9 Å². The van der Waals surface area contributed by atoms with Gasteiger partial charge in [-0.1, -0.05) is 41.9 Å². The predicted octanol–water partition coefficient (Wildman–Crippen LogP) is 0.956. The van der Waals surface area contributed by atoms with E-state index in [1.165, 1.54) is 11.1 Å². The van der Waals surface area contributed by atoms with E-state index in [9.17, 15) is 19.2 Å². The summed E-state index contributed by atoms with van der Waals surface area (Å²) in [6.07, 6.45) is 3.09. The average Bonchev–Trinajstić information content (AvgIpc) is 2.77. The molecule has 32 heavy (non-hydrogen) atoms. The zero-order chi connectivity index (χ0) is 23.8. The highest BCUT2D eigenvalue weighted by Crippen LogP contribution is 2.14. The van der Waals surface area contributed by atoms with E-state index in [1.54, 1.807) is 25.1 Å². The normalized spacial score (nSPS) is 15.5. The number of halogens is 1. The van der Waals surface area contributed by atoms with E-state index in [4.69, 9.17) is 0 Å². The molecule has 9 nitrogen and oxygen atoms in total. The lowest BCUT2D eigenvalue weighted by atomic mass is 10.0. The minimum absolute atomic E-state index is 0.105. The summed E-state index contributed by atoms with van der Waals surface area (Å²) in [7, 11) is 1.65. The molecule has 1 aromatic rings. The van der Waals surface area contributed by atoms with Gasteiger partial charge >= 0.3 is 0 Å². The third-order valence-corrected chi connectivity index (χ3v) is 5.65. The van der Waals surface area contributed by atoms with Crippen LogP contribution in [0.1, 0.15) is 26.3 Å². The average molecular weight is 508 g/mol. The van der Waals surface area contributed by atoms with Crippen molar-refractivity contribution in [1.82, 2.24) is 25.8 Å². The Morgan fingerprint density at radius 2 is 1.72 bits per heavy atom. The molecule has 1 aromatic carbocycles. The summed E-state index contributed by atoms with van der Waals surface area (Å²) >= 11 is 3.38. The fraction of sp³-hybridized carbons (Fsp3) is 0.455. The Labute approximate surface area is 196 Å². The van der Waals surface area contributed by atoms with Crippen LogP contribution in [0.2, 0.25) is 0 Å². The minimum Gasteiger partial charge on any atom is -0.345 e. The van der Waals surface area contributed by atoms with Gasteiger partial charge in [0.15, 0.2) is 0 Å². The van der Waals surface area contributed by atoms with Crippen molar-refractivity contribution in [2.45, 2.75) is 39.4 Å². The molecule has 2 atom stereocenters. The lowest BCUT2D eigenvalue weighted by molar-refractivity contribution is -0.139. The zero-order valence-electron chi connectivity index (χ0n) is 18.7. The molecule has 0 spiro atoms. The van der Waals surface area contributed by atoms with Crippen molar-refractivity contribution in [2.75, 3.05) is 20.1 Å². The standard InChI is InChI=1S/C22H30BrN5O4/c1-14(2)20(26-21(31)15(3)24-4)22(32)25-11-18(29)28-10-9-27(19(30)13-28)12-16-5-7-17(23)8-6-16/h5-10,14-15,20,24H,11-13H2,1-4H3,(H,25,32)(H,26,31)/t15-,20-/m0/s1. The Kier molecular flexibility index (Phi) is 9.40. The number of hydrogen-bond donors (Lipinski definition) is 3. The summed E-state index contributed by atoms with van der Waals surface area (Å²) in [5.41, 5.74) is 0.965. The highest BCUT2D eigenvalue weighted by molar-refractivity contribution is 9.10. The molecule has 0 radical (unpaired) electrons. The second kappa shape index (κ2) is 11.8. The van der Waals surface area contributed by atoms with Crippen LogP contribution in [0.15, 0.2) is 41.1 Å². The molecule has 1 aliphatic rings. The maximum Gasteiger partial charge on any atom is 0.246 e. The van der Waals surface area contributed by atoms with Crippen LogP contribution in [-0.2, 0) is 25.7 Å². The number of carbonyl (C=O) groups excluding carboxylic acids is 4. The molecule has 3 N–H and O–H groups in total. The lowest BCUT2D eigenvalue weighted by Crippen LogP contribution is -2.55. The molecule has 4 amide bonds. The fourth-order valence-electron chi connectivity index (χ4n) is 2.95. The van der Waals surface area contributed by atoms with Crippen molar-refractivity contribution in [3.8, 4) is 0 Å². The quantitative estimate of drug-likeness (QED) is 0.460. The van der Waals surface area contributed by atoms with E-state index in [2.05, 4.69) is 31.9 Å². The third kappa shape index (κ3) is 7.16. The van der Waals surface area contributed by atoms with Gasteiger partial charge in [-0.25, -0.2) is 0 Å². The smallest absolute Gasteiger partial charge is 0.246 e. The van der Waals surface area contributed by atoms with Gasteiger partial charge in [-0.05, 0) is 37.6 Å². The lowest BCUT2D eigenvalue weighted by Gasteiger charge is -2.29. The molecule has 10 heteroatoms. The molecule has 0 unspecified atom stereocenters. The summed E-state index contributed by atoms with van der Waals surface area (Å²) < 4.78 is 0.955. The van der Waals surface area contributed by atoms with Crippen LogP contribution < -0.4 is 16.0 Å². The number of rotatable bonds is 9. The van der Waals surface area contributed by atoms with Gasteiger partial charge in [0.05, 0.1) is 19.1 Å². The van der Waals surface area contributed by atoms with Gasteiger partial charge in [0.1, 0.15) is 12.6 Å². The number of hydrogen-bond acceptors (Lipinski definition) is 5. The van der Waals surface area contributed by atoms with E-state index in [0.717, 1.165) is 10.0 Å². The Balaban J connectivity index is 1.90. The molecule has 1 aliphatic heterocycles. The zero-order valence-corrected chi connectivity index (χ0v) is 20.3. The van der Waals surface area contributed by atoms with Crippen LogP contribution in [0.25, 0.3) is 0 Å². The third-order valence-electron chi connectivity index (χ3n) is 5.13. The maximum atomic E-state index is 12.5. The van der Waals surface area contributed by atoms with Crippen LogP contribution in [0, 0.1) is 5.92 Å². The first kappa shape index (κ1) is 25.5. The van der Waals surface area contributed by atoms with Crippen LogP contribution in [0.4, 0.5) is 0 Å². The van der Waals surface area contributed by atoms with Crippen LogP contribution in [0.3, 0.4) is 0 Å². The number of amides is 4. The van der Waals surface area contributed by atoms with E-state index >= 15 is 0 Å². The molecule has 174 valence electrons. The number of nitrogens with one attached hydrogen (secondary N) is 3. The minimum atomic E-state index is -0.772. The topological polar surface area (TPSA) is 111 Å². The van der Waals surface area contributed by atoms with Gasteiger partial charge in [0.2, 0.25) is 23.6 Å². The molecule has 0 saturated carbocycles. The number of benzene rings is 1. The first-order valence-electron chi connectivity index (χ1n) is 10.4. The van der Waals surface area contributed by atoms with E-state index in [1.807, 2.05) is 38.1 Å². The van der Waals surface area contributed by atoms with Crippen molar-refractivity contribution < 1.29 is 19.2 Å². The van der Waals surface area contributed by atoms with Gasteiger partial charge in [-0.3, -0.25) is 19.2 Å². The maximum absolute atomic E-state index is 12.5. The Bertz CT molecular complexity index is 872. The largest absolute Gasteiger partial charge is 0.345 e. The first-order chi connectivity index (χ1) is 15.1. The molecule has 1 heterocycles. The molecular formula is C22H30BrN5O4. The van der Waals surface area contributed by atoms with Gasteiger partial charge in [-0.15, -0.1) is 0 Å². The van der Waals surface area contributed by atoms with Gasteiger partial charge in [-0.2, -0.15) is 0 Å².